The summed E-state index contributed by atoms with van der Waals surface area (Å²) in [5, 5.41) is 8.31. The molecule has 0 radical (unpaired) electrons. The summed E-state index contributed by atoms with van der Waals surface area (Å²) in [7, 11) is 0. The fraction of sp³-hybridized carbons (Fsp3) is 0.222. The van der Waals surface area contributed by atoms with E-state index in [2.05, 4.69) is 16.0 Å². The molecular formula is C18H17F2N3O2. The predicted octanol–water partition coefficient (Wildman–Crippen LogP) is 3.17. The molecule has 1 heterocycles. The molecule has 130 valence electrons. The number of anilines is 3. The molecule has 0 bridgehead atoms. The molecule has 0 aromatic heterocycles. The number of hydrogen-bond acceptors (Lipinski definition) is 3. The second kappa shape index (κ2) is 7.29. The third kappa shape index (κ3) is 4.12. The number of piperidine rings is 1. The van der Waals surface area contributed by atoms with Gasteiger partial charge < -0.3 is 16.0 Å². The van der Waals surface area contributed by atoms with Crippen molar-refractivity contribution in [1.82, 2.24) is 5.32 Å². The van der Waals surface area contributed by atoms with Crippen LogP contribution in [0.3, 0.4) is 0 Å². The van der Waals surface area contributed by atoms with Gasteiger partial charge in [0, 0.05) is 24.9 Å². The third-order valence-corrected chi connectivity index (χ3v) is 4.00. The molecule has 5 nitrogen and oxygen atoms in total. The molecule has 0 aliphatic carbocycles. The summed E-state index contributed by atoms with van der Waals surface area (Å²) >= 11 is 0. The van der Waals surface area contributed by atoms with Crippen LogP contribution in [-0.4, -0.2) is 18.4 Å². The van der Waals surface area contributed by atoms with E-state index >= 15 is 0 Å². The van der Waals surface area contributed by atoms with E-state index in [1.165, 1.54) is 6.07 Å². The zero-order valence-corrected chi connectivity index (χ0v) is 13.3. The van der Waals surface area contributed by atoms with E-state index in [0.717, 1.165) is 12.1 Å². The topological polar surface area (TPSA) is 70.2 Å². The molecule has 2 amide bonds. The van der Waals surface area contributed by atoms with Crippen molar-refractivity contribution < 1.29 is 18.4 Å². The van der Waals surface area contributed by atoms with Crippen LogP contribution in [0.4, 0.5) is 25.8 Å². The standard InChI is InChI=1S/C18H17F2N3O2/c19-12-5-6-14(13(20)10-12)22-15-3-1-2-4-16(15)23-18(25)11-7-8-21-17(24)9-11/h1-6,10-11,22H,7-9H2,(H,21,24)(H,23,25). The van der Waals surface area contributed by atoms with Crippen molar-refractivity contribution in [3.63, 3.8) is 0 Å². The quantitative estimate of drug-likeness (QED) is 0.797. The first kappa shape index (κ1) is 16.9. The fourth-order valence-corrected chi connectivity index (χ4v) is 2.68. The predicted molar refractivity (Wildman–Crippen MR) is 90.4 cm³/mol. The molecule has 1 aliphatic heterocycles. The van der Waals surface area contributed by atoms with Gasteiger partial charge in [0.2, 0.25) is 11.8 Å². The highest BCUT2D eigenvalue weighted by molar-refractivity contribution is 5.98. The number of para-hydroxylation sites is 2. The zero-order valence-electron chi connectivity index (χ0n) is 13.3. The first-order chi connectivity index (χ1) is 12.0. The summed E-state index contributed by atoms with van der Waals surface area (Å²) in [4.78, 5) is 23.8. The monoisotopic (exact) mass is 345 g/mol. The summed E-state index contributed by atoms with van der Waals surface area (Å²) in [6.45, 7) is 0.470. The molecule has 1 atom stereocenters. The summed E-state index contributed by atoms with van der Waals surface area (Å²) in [5.41, 5.74) is 1.03. The van der Waals surface area contributed by atoms with Crippen LogP contribution in [0.25, 0.3) is 0 Å². The number of carbonyl (C=O) groups excluding carboxylic acids is 2. The summed E-state index contributed by atoms with van der Waals surface area (Å²) < 4.78 is 26.8. The van der Waals surface area contributed by atoms with Crippen molar-refractivity contribution in [2.24, 2.45) is 5.92 Å². The Morgan fingerprint density at radius 2 is 1.84 bits per heavy atom. The van der Waals surface area contributed by atoms with Gasteiger partial charge in [-0.3, -0.25) is 9.59 Å². The smallest absolute Gasteiger partial charge is 0.228 e. The summed E-state index contributed by atoms with van der Waals surface area (Å²) in [6.07, 6.45) is 0.716. The Hall–Kier alpha value is -2.96. The largest absolute Gasteiger partial charge is 0.356 e. The minimum atomic E-state index is -0.731. The van der Waals surface area contributed by atoms with Crippen LogP contribution >= 0.6 is 0 Å². The lowest BCUT2D eigenvalue weighted by Crippen LogP contribution is -2.38. The minimum Gasteiger partial charge on any atom is -0.356 e. The Kier molecular flexibility index (Phi) is 4.92. The molecule has 1 fully saturated rings. The van der Waals surface area contributed by atoms with E-state index in [0.29, 0.717) is 24.3 Å². The Bertz CT molecular complexity index is 811. The Morgan fingerprint density at radius 1 is 1.08 bits per heavy atom. The van der Waals surface area contributed by atoms with Crippen molar-refractivity contribution >= 4 is 28.9 Å². The van der Waals surface area contributed by atoms with Gasteiger partial charge in [0.05, 0.1) is 17.1 Å². The van der Waals surface area contributed by atoms with Gasteiger partial charge in [-0.2, -0.15) is 0 Å². The van der Waals surface area contributed by atoms with Crippen LogP contribution in [0.15, 0.2) is 42.5 Å². The Morgan fingerprint density at radius 3 is 2.56 bits per heavy atom. The van der Waals surface area contributed by atoms with Gasteiger partial charge in [-0.05, 0) is 30.7 Å². The highest BCUT2D eigenvalue weighted by Crippen LogP contribution is 2.28. The summed E-state index contributed by atoms with van der Waals surface area (Å²) in [6, 6.07) is 10.0. The Labute approximate surface area is 143 Å². The van der Waals surface area contributed by atoms with Gasteiger partial charge in [0.15, 0.2) is 0 Å². The number of amides is 2. The van der Waals surface area contributed by atoms with Crippen molar-refractivity contribution in [1.29, 1.82) is 0 Å². The average Bonchev–Trinajstić information content (AvgIpc) is 2.59. The molecule has 1 saturated heterocycles. The average molecular weight is 345 g/mol. The lowest BCUT2D eigenvalue weighted by atomic mass is 9.96. The molecule has 7 heteroatoms. The number of carbonyl (C=O) groups is 2. The first-order valence-corrected chi connectivity index (χ1v) is 7.91. The van der Waals surface area contributed by atoms with E-state index in [1.54, 1.807) is 24.3 Å². The maximum atomic E-state index is 13.8. The van der Waals surface area contributed by atoms with E-state index < -0.39 is 17.6 Å². The molecule has 3 rings (SSSR count). The SMILES string of the molecule is O=C1CC(C(=O)Nc2ccccc2Nc2ccc(F)cc2F)CCN1. The molecule has 2 aromatic carbocycles. The molecule has 1 unspecified atom stereocenters. The lowest BCUT2D eigenvalue weighted by molar-refractivity contribution is -0.129. The van der Waals surface area contributed by atoms with Gasteiger partial charge in [-0.25, -0.2) is 8.78 Å². The van der Waals surface area contributed by atoms with Crippen LogP contribution in [0.5, 0.6) is 0 Å². The van der Waals surface area contributed by atoms with Crippen molar-refractivity contribution in [2.75, 3.05) is 17.2 Å². The van der Waals surface area contributed by atoms with Gasteiger partial charge in [-0.15, -0.1) is 0 Å². The van der Waals surface area contributed by atoms with Crippen molar-refractivity contribution in [3.05, 3.63) is 54.1 Å². The number of benzene rings is 2. The van der Waals surface area contributed by atoms with E-state index in [9.17, 15) is 18.4 Å². The molecule has 0 spiro atoms. The highest BCUT2D eigenvalue weighted by Gasteiger charge is 2.26. The fourth-order valence-electron chi connectivity index (χ4n) is 2.68. The van der Waals surface area contributed by atoms with Crippen LogP contribution in [0.2, 0.25) is 0 Å². The highest BCUT2D eigenvalue weighted by atomic mass is 19.1. The van der Waals surface area contributed by atoms with Crippen molar-refractivity contribution in [3.8, 4) is 0 Å². The van der Waals surface area contributed by atoms with Gasteiger partial charge in [0.1, 0.15) is 11.6 Å². The second-order valence-electron chi connectivity index (χ2n) is 5.82. The van der Waals surface area contributed by atoms with Gasteiger partial charge in [-0.1, -0.05) is 12.1 Å². The maximum Gasteiger partial charge on any atom is 0.228 e. The van der Waals surface area contributed by atoms with E-state index in [4.69, 9.17) is 0 Å². The normalized spacial score (nSPS) is 16.9. The summed E-state index contributed by atoms with van der Waals surface area (Å²) in [5.74, 6) is -2.20. The molecule has 1 aliphatic rings. The van der Waals surface area contributed by atoms with Crippen LogP contribution in [0.1, 0.15) is 12.8 Å². The van der Waals surface area contributed by atoms with Gasteiger partial charge in [0.25, 0.3) is 0 Å². The Balaban J connectivity index is 1.76. The number of nitrogens with one attached hydrogen (secondary N) is 3. The zero-order chi connectivity index (χ0) is 17.8. The van der Waals surface area contributed by atoms with Crippen molar-refractivity contribution in [2.45, 2.75) is 12.8 Å². The second-order valence-corrected chi connectivity index (χ2v) is 5.82. The first-order valence-electron chi connectivity index (χ1n) is 7.91. The van der Waals surface area contributed by atoms with E-state index in [1.807, 2.05) is 0 Å². The minimum absolute atomic E-state index is 0.0974. The number of halogens is 2. The maximum absolute atomic E-state index is 13.8. The van der Waals surface area contributed by atoms with Crippen LogP contribution in [-0.2, 0) is 9.59 Å². The number of hydrogen-bond donors (Lipinski definition) is 3. The van der Waals surface area contributed by atoms with E-state index in [-0.39, 0.29) is 23.9 Å². The molecule has 25 heavy (non-hydrogen) atoms. The third-order valence-electron chi connectivity index (χ3n) is 4.00. The molecule has 0 saturated carbocycles. The van der Waals surface area contributed by atoms with Crippen LogP contribution in [0, 0.1) is 17.6 Å². The molecular weight excluding hydrogens is 328 g/mol. The molecule has 3 N–H and O–H groups in total. The molecule has 2 aromatic rings. The van der Waals surface area contributed by atoms with Crippen LogP contribution < -0.4 is 16.0 Å². The van der Waals surface area contributed by atoms with Gasteiger partial charge >= 0.3 is 0 Å². The lowest BCUT2D eigenvalue weighted by Gasteiger charge is -2.22. The number of rotatable bonds is 4.